The Balaban J connectivity index is 2.07. The molecule has 0 aliphatic heterocycles. The molecule has 0 radical (unpaired) electrons. The Morgan fingerprint density at radius 2 is 1.53 bits per heavy atom. The van der Waals surface area contributed by atoms with E-state index < -0.39 is 28.5 Å². The lowest BCUT2D eigenvalue weighted by molar-refractivity contribution is -0.140. The van der Waals surface area contributed by atoms with Crippen molar-refractivity contribution in [3.05, 3.63) is 94.0 Å². The van der Waals surface area contributed by atoms with Crippen molar-refractivity contribution in [1.82, 2.24) is 10.2 Å². The molecule has 10 heteroatoms. The summed E-state index contributed by atoms with van der Waals surface area (Å²) in [4.78, 5) is 28.3. The Morgan fingerprint density at radius 3 is 2.08 bits per heavy atom. The van der Waals surface area contributed by atoms with Gasteiger partial charge < -0.3 is 10.2 Å². The number of rotatable bonds is 11. The summed E-state index contributed by atoms with van der Waals surface area (Å²) in [5, 5.41) is 3.22. The van der Waals surface area contributed by atoms with Crippen molar-refractivity contribution in [3.63, 3.8) is 0 Å². The number of nitrogens with zero attached hydrogens (tertiary/aromatic N) is 2. The lowest BCUT2D eigenvalue weighted by Crippen LogP contribution is -2.52. The van der Waals surface area contributed by atoms with Gasteiger partial charge in [-0.2, -0.15) is 0 Å². The van der Waals surface area contributed by atoms with Crippen LogP contribution in [0.3, 0.4) is 0 Å². The summed E-state index contributed by atoms with van der Waals surface area (Å²) >= 11 is 12.4. The van der Waals surface area contributed by atoms with Crippen molar-refractivity contribution in [2.24, 2.45) is 0 Å². The fraction of sp³-hybridized carbons (Fsp3) is 0.286. The lowest BCUT2D eigenvalue weighted by Gasteiger charge is -2.33. The summed E-state index contributed by atoms with van der Waals surface area (Å²) in [5.41, 5.74) is 2.01. The number of carbonyl (C=O) groups is 2. The average molecular weight is 577 g/mol. The van der Waals surface area contributed by atoms with Gasteiger partial charge in [0.25, 0.3) is 10.0 Å². The van der Waals surface area contributed by atoms with E-state index in [1.807, 2.05) is 38.1 Å². The highest BCUT2D eigenvalue weighted by molar-refractivity contribution is 7.92. The van der Waals surface area contributed by atoms with Gasteiger partial charge in [-0.25, -0.2) is 8.42 Å². The van der Waals surface area contributed by atoms with E-state index in [2.05, 4.69) is 5.32 Å². The zero-order valence-electron chi connectivity index (χ0n) is 21.5. The van der Waals surface area contributed by atoms with Crippen molar-refractivity contribution in [1.29, 1.82) is 0 Å². The highest BCUT2D eigenvalue weighted by atomic mass is 35.5. The molecule has 3 rings (SSSR count). The van der Waals surface area contributed by atoms with Crippen LogP contribution in [0.5, 0.6) is 0 Å². The molecule has 0 aromatic heterocycles. The SMILES string of the molecule is CCNC(=O)[C@H](CC)N(Cc1ccc(C)cc1)C(=O)CN(c1cc(Cl)cc(Cl)c1)S(=O)(=O)c1ccccc1. The number of halogens is 2. The molecule has 3 aromatic rings. The Kier molecular flexibility index (Phi) is 10.2. The Morgan fingerprint density at radius 1 is 0.921 bits per heavy atom. The minimum atomic E-state index is -4.19. The molecule has 0 heterocycles. The van der Waals surface area contributed by atoms with Crippen LogP contribution < -0.4 is 9.62 Å². The predicted molar refractivity (Wildman–Crippen MR) is 152 cm³/mol. The molecule has 7 nitrogen and oxygen atoms in total. The van der Waals surface area contributed by atoms with Crippen LogP contribution in [0.4, 0.5) is 5.69 Å². The molecule has 0 unspecified atom stereocenters. The third kappa shape index (κ3) is 7.28. The molecule has 38 heavy (non-hydrogen) atoms. The zero-order valence-corrected chi connectivity index (χ0v) is 23.9. The number of anilines is 1. The number of aryl methyl sites for hydroxylation is 1. The van der Waals surface area contributed by atoms with Crippen LogP contribution in [0.25, 0.3) is 0 Å². The number of likely N-dealkylation sites (N-methyl/N-ethyl adjacent to an activating group) is 1. The molecule has 0 spiro atoms. The van der Waals surface area contributed by atoms with E-state index in [1.54, 1.807) is 25.1 Å². The maximum absolute atomic E-state index is 13.9. The first-order valence-corrected chi connectivity index (χ1v) is 14.4. The molecule has 0 saturated carbocycles. The highest BCUT2D eigenvalue weighted by Gasteiger charge is 2.33. The number of sulfonamides is 1. The number of nitrogens with one attached hydrogen (secondary N) is 1. The molecule has 0 fully saturated rings. The van der Waals surface area contributed by atoms with Crippen molar-refractivity contribution in [3.8, 4) is 0 Å². The van der Waals surface area contributed by atoms with Gasteiger partial charge in [0.1, 0.15) is 12.6 Å². The summed E-state index contributed by atoms with van der Waals surface area (Å²) in [5.74, 6) is -0.849. The van der Waals surface area contributed by atoms with Gasteiger partial charge in [-0.15, -0.1) is 0 Å². The Hall–Kier alpha value is -3.07. The standard InChI is InChI=1S/C28H31Cl2N3O4S/c1-4-26(28(35)31-5-2)32(18-21-13-11-20(3)12-14-21)27(34)19-33(24-16-22(29)15-23(30)17-24)38(36,37)25-9-7-6-8-10-25/h6-17,26H,4-5,18-19H2,1-3H3,(H,31,35)/t26-/m0/s1. The van der Waals surface area contributed by atoms with E-state index in [0.29, 0.717) is 13.0 Å². The summed E-state index contributed by atoms with van der Waals surface area (Å²) < 4.78 is 28.5. The topological polar surface area (TPSA) is 86.8 Å². The van der Waals surface area contributed by atoms with E-state index in [9.17, 15) is 18.0 Å². The molecule has 2 amide bonds. The first-order valence-electron chi connectivity index (χ1n) is 12.2. The van der Waals surface area contributed by atoms with Crippen LogP contribution in [0.1, 0.15) is 31.4 Å². The van der Waals surface area contributed by atoms with Gasteiger partial charge >= 0.3 is 0 Å². The van der Waals surface area contributed by atoms with Crippen molar-refractivity contribution in [2.45, 2.75) is 44.7 Å². The van der Waals surface area contributed by atoms with Gasteiger partial charge in [-0.1, -0.05) is 78.2 Å². The molecule has 1 atom stereocenters. The first-order chi connectivity index (χ1) is 18.1. The second-order valence-corrected chi connectivity index (χ2v) is 11.5. The summed E-state index contributed by atoms with van der Waals surface area (Å²) in [7, 11) is -4.19. The van der Waals surface area contributed by atoms with Crippen molar-refractivity contribution in [2.75, 3.05) is 17.4 Å². The smallest absolute Gasteiger partial charge is 0.264 e. The minimum absolute atomic E-state index is 0.00440. The average Bonchev–Trinajstić information content (AvgIpc) is 2.88. The van der Waals surface area contributed by atoms with E-state index in [0.717, 1.165) is 15.4 Å². The summed E-state index contributed by atoms with van der Waals surface area (Å²) in [6, 6.07) is 19.0. The lowest BCUT2D eigenvalue weighted by atomic mass is 10.1. The van der Waals surface area contributed by atoms with Crippen LogP contribution in [0.15, 0.2) is 77.7 Å². The quantitative estimate of drug-likeness (QED) is 0.330. The molecule has 0 aliphatic rings. The second kappa shape index (κ2) is 13.1. The van der Waals surface area contributed by atoms with Gasteiger partial charge in [0.05, 0.1) is 10.6 Å². The van der Waals surface area contributed by atoms with Gasteiger partial charge in [0, 0.05) is 23.1 Å². The maximum atomic E-state index is 13.9. The zero-order chi connectivity index (χ0) is 27.9. The van der Waals surface area contributed by atoms with Crippen LogP contribution in [0.2, 0.25) is 10.0 Å². The van der Waals surface area contributed by atoms with Crippen LogP contribution in [-0.4, -0.2) is 44.3 Å². The van der Waals surface area contributed by atoms with E-state index >= 15 is 0 Å². The molecule has 1 N–H and O–H groups in total. The van der Waals surface area contributed by atoms with E-state index in [4.69, 9.17) is 23.2 Å². The number of hydrogen-bond donors (Lipinski definition) is 1. The minimum Gasteiger partial charge on any atom is -0.355 e. The number of hydrogen-bond acceptors (Lipinski definition) is 4. The third-order valence-corrected chi connectivity index (χ3v) is 8.18. The van der Waals surface area contributed by atoms with Gasteiger partial charge in [-0.3, -0.25) is 13.9 Å². The molecule has 0 aliphatic carbocycles. The summed E-state index contributed by atoms with van der Waals surface area (Å²) in [6.07, 6.45) is 0.345. The second-order valence-electron chi connectivity index (χ2n) is 8.78. The van der Waals surface area contributed by atoms with Crippen molar-refractivity contribution >= 4 is 50.7 Å². The largest absolute Gasteiger partial charge is 0.355 e. The van der Waals surface area contributed by atoms with Crippen LogP contribution in [-0.2, 0) is 26.2 Å². The number of benzene rings is 3. The molecule has 0 saturated heterocycles. The fourth-order valence-electron chi connectivity index (χ4n) is 4.03. The van der Waals surface area contributed by atoms with E-state index in [-0.39, 0.29) is 33.1 Å². The maximum Gasteiger partial charge on any atom is 0.264 e. The number of carbonyl (C=O) groups excluding carboxylic acids is 2. The molecule has 3 aromatic carbocycles. The van der Waals surface area contributed by atoms with Crippen LogP contribution >= 0.6 is 23.2 Å². The van der Waals surface area contributed by atoms with Crippen LogP contribution in [0, 0.1) is 6.92 Å². The Bertz CT molecular complexity index is 1350. The Labute approximate surface area is 234 Å². The molecule has 0 bridgehead atoms. The van der Waals surface area contributed by atoms with Gasteiger partial charge in [0.2, 0.25) is 11.8 Å². The van der Waals surface area contributed by atoms with E-state index in [1.165, 1.54) is 35.2 Å². The highest BCUT2D eigenvalue weighted by Crippen LogP contribution is 2.30. The number of amides is 2. The fourth-order valence-corrected chi connectivity index (χ4v) is 5.97. The monoisotopic (exact) mass is 575 g/mol. The summed E-state index contributed by atoms with van der Waals surface area (Å²) in [6.45, 7) is 5.54. The normalized spacial score (nSPS) is 12.0. The van der Waals surface area contributed by atoms with Gasteiger partial charge in [-0.05, 0) is 56.2 Å². The van der Waals surface area contributed by atoms with Gasteiger partial charge in [0.15, 0.2) is 0 Å². The predicted octanol–water partition coefficient (Wildman–Crippen LogP) is 5.44. The third-order valence-electron chi connectivity index (χ3n) is 5.96. The molecular weight excluding hydrogens is 545 g/mol. The first kappa shape index (κ1) is 29.5. The molecular formula is C28H31Cl2N3O4S. The molecule has 202 valence electrons. The van der Waals surface area contributed by atoms with Crippen molar-refractivity contribution < 1.29 is 18.0 Å².